The summed E-state index contributed by atoms with van der Waals surface area (Å²) >= 11 is 12.3. The van der Waals surface area contributed by atoms with Gasteiger partial charge in [-0.25, -0.2) is 0 Å². The molecule has 0 aromatic heterocycles. The molecule has 0 aliphatic rings. The molecule has 0 bridgehead atoms. The van der Waals surface area contributed by atoms with Crippen LogP contribution < -0.4 is 5.32 Å². The van der Waals surface area contributed by atoms with E-state index in [1.54, 1.807) is 0 Å². The van der Waals surface area contributed by atoms with Crippen LogP contribution in [-0.4, -0.2) is 6.54 Å². The lowest BCUT2D eigenvalue weighted by atomic mass is 9.98. The van der Waals surface area contributed by atoms with Gasteiger partial charge in [-0.15, -0.1) is 0 Å². The fourth-order valence-corrected chi connectivity index (χ4v) is 2.78. The maximum Gasteiger partial charge on any atom is 0.0468 e. The van der Waals surface area contributed by atoms with Crippen LogP contribution in [0, 0.1) is 0 Å². The lowest BCUT2D eigenvalue weighted by molar-refractivity contribution is 0.529. The summed E-state index contributed by atoms with van der Waals surface area (Å²) in [6.45, 7) is 3.13. The molecule has 2 aromatic carbocycles. The van der Waals surface area contributed by atoms with Gasteiger partial charge in [0.15, 0.2) is 0 Å². The third kappa shape index (κ3) is 4.24. The highest BCUT2D eigenvalue weighted by Gasteiger charge is 2.15. The molecule has 0 radical (unpaired) electrons. The van der Waals surface area contributed by atoms with E-state index < -0.39 is 0 Å². The van der Waals surface area contributed by atoms with Crippen molar-refractivity contribution in [2.45, 2.75) is 25.8 Å². The molecule has 1 N–H and O–H groups in total. The second kappa shape index (κ2) is 7.68. The molecule has 106 valence electrons. The van der Waals surface area contributed by atoms with Gasteiger partial charge in [-0.2, -0.15) is 0 Å². The predicted molar refractivity (Wildman–Crippen MR) is 87.6 cm³/mol. The van der Waals surface area contributed by atoms with Gasteiger partial charge in [0.25, 0.3) is 0 Å². The van der Waals surface area contributed by atoms with Crippen molar-refractivity contribution < 1.29 is 0 Å². The van der Waals surface area contributed by atoms with Crippen molar-refractivity contribution in [1.82, 2.24) is 5.32 Å². The zero-order chi connectivity index (χ0) is 14.4. The van der Waals surface area contributed by atoms with Crippen molar-refractivity contribution in [2.24, 2.45) is 0 Å². The average Bonchev–Trinajstić information content (AvgIpc) is 2.45. The summed E-state index contributed by atoms with van der Waals surface area (Å²) in [5.41, 5.74) is 2.40. The van der Waals surface area contributed by atoms with Crippen LogP contribution in [0.25, 0.3) is 0 Å². The summed E-state index contributed by atoms with van der Waals surface area (Å²) in [5.74, 6) is 0. The van der Waals surface area contributed by atoms with Crippen LogP contribution in [0.2, 0.25) is 10.0 Å². The molecule has 20 heavy (non-hydrogen) atoms. The molecule has 1 nitrogen and oxygen atoms in total. The quantitative estimate of drug-likeness (QED) is 0.766. The van der Waals surface area contributed by atoms with E-state index in [2.05, 4.69) is 36.5 Å². The standard InChI is InChI=1S/C17H19Cl2N/c1-2-10-20-17(11-13-6-4-3-5-7-13)15-9-8-14(18)12-16(15)19/h3-9,12,17,20H,2,10-11H2,1H3. The summed E-state index contributed by atoms with van der Waals surface area (Å²) in [7, 11) is 0. The van der Waals surface area contributed by atoms with E-state index in [1.807, 2.05) is 24.3 Å². The highest BCUT2D eigenvalue weighted by atomic mass is 35.5. The Morgan fingerprint density at radius 1 is 1.05 bits per heavy atom. The van der Waals surface area contributed by atoms with Gasteiger partial charge < -0.3 is 5.32 Å². The van der Waals surface area contributed by atoms with Crippen molar-refractivity contribution in [3.63, 3.8) is 0 Å². The maximum absolute atomic E-state index is 6.34. The van der Waals surface area contributed by atoms with E-state index in [-0.39, 0.29) is 6.04 Å². The Kier molecular flexibility index (Phi) is 5.90. The minimum atomic E-state index is 0.210. The molecule has 0 heterocycles. The third-order valence-corrected chi connectivity index (χ3v) is 3.82. The molecule has 2 aromatic rings. The number of hydrogen-bond acceptors (Lipinski definition) is 1. The van der Waals surface area contributed by atoms with Crippen LogP contribution in [0.4, 0.5) is 0 Å². The molecule has 2 rings (SSSR count). The van der Waals surface area contributed by atoms with Gasteiger partial charge in [-0.3, -0.25) is 0 Å². The maximum atomic E-state index is 6.34. The number of benzene rings is 2. The Bertz CT molecular complexity index is 540. The minimum Gasteiger partial charge on any atom is -0.310 e. The van der Waals surface area contributed by atoms with E-state index in [0.29, 0.717) is 5.02 Å². The first-order chi connectivity index (χ1) is 9.70. The van der Waals surface area contributed by atoms with E-state index in [0.717, 1.165) is 30.0 Å². The molecular weight excluding hydrogens is 289 g/mol. The predicted octanol–water partition coefficient (Wildman–Crippen LogP) is 5.28. The zero-order valence-corrected chi connectivity index (χ0v) is 13.1. The van der Waals surface area contributed by atoms with Crippen molar-refractivity contribution >= 4 is 23.2 Å². The van der Waals surface area contributed by atoms with E-state index >= 15 is 0 Å². The normalized spacial score (nSPS) is 12.3. The highest BCUT2D eigenvalue weighted by molar-refractivity contribution is 6.35. The molecular formula is C17H19Cl2N. The second-order valence-electron chi connectivity index (χ2n) is 4.86. The SMILES string of the molecule is CCCNC(Cc1ccccc1)c1ccc(Cl)cc1Cl. The Hall–Kier alpha value is -1.02. The summed E-state index contributed by atoms with van der Waals surface area (Å²) in [6.07, 6.45) is 2.01. The van der Waals surface area contributed by atoms with Gasteiger partial charge in [-0.05, 0) is 42.6 Å². The van der Waals surface area contributed by atoms with E-state index in [9.17, 15) is 0 Å². The van der Waals surface area contributed by atoms with Crippen molar-refractivity contribution in [2.75, 3.05) is 6.54 Å². The molecule has 0 aliphatic heterocycles. The Labute approximate surface area is 130 Å². The van der Waals surface area contributed by atoms with Crippen molar-refractivity contribution in [3.05, 3.63) is 69.7 Å². The van der Waals surface area contributed by atoms with E-state index in [4.69, 9.17) is 23.2 Å². The van der Waals surface area contributed by atoms with Crippen LogP contribution in [0.15, 0.2) is 48.5 Å². The average molecular weight is 308 g/mol. The molecule has 0 amide bonds. The summed E-state index contributed by atoms with van der Waals surface area (Å²) < 4.78 is 0. The largest absolute Gasteiger partial charge is 0.310 e. The molecule has 0 saturated carbocycles. The van der Waals surface area contributed by atoms with Crippen LogP contribution in [0.3, 0.4) is 0 Å². The second-order valence-corrected chi connectivity index (χ2v) is 5.71. The fourth-order valence-electron chi connectivity index (χ4n) is 2.24. The minimum absolute atomic E-state index is 0.210. The molecule has 0 spiro atoms. The fraction of sp³-hybridized carbons (Fsp3) is 0.294. The summed E-state index contributed by atoms with van der Waals surface area (Å²) in [5, 5.41) is 4.96. The number of rotatable bonds is 6. The van der Waals surface area contributed by atoms with Gasteiger partial charge in [0.2, 0.25) is 0 Å². The third-order valence-electron chi connectivity index (χ3n) is 3.26. The Morgan fingerprint density at radius 3 is 2.45 bits per heavy atom. The number of halogens is 2. The van der Waals surface area contributed by atoms with E-state index in [1.165, 1.54) is 5.56 Å². The van der Waals surface area contributed by atoms with Crippen molar-refractivity contribution in [3.8, 4) is 0 Å². The zero-order valence-electron chi connectivity index (χ0n) is 11.6. The number of nitrogens with one attached hydrogen (secondary N) is 1. The summed E-state index contributed by atoms with van der Waals surface area (Å²) in [6, 6.07) is 16.4. The first kappa shape index (κ1) is 15.4. The molecule has 0 fully saturated rings. The lowest BCUT2D eigenvalue weighted by Gasteiger charge is -2.20. The van der Waals surface area contributed by atoms with Gasteiger partial charge in [0.05, 0.1) is 0 Å². The van der Waals surface area contributed by atoms with Crippen LogP contribution in [-0.2, 0) is 6.42 Å². The lowest BCUT2D eigenvalue weighted by Crippen LogP contribution is -2.24. The summed E-state index contributed by atoms with van der Waals surface area (Å²) in [4.78, 5) is 0. The van der Waals surface area contributed by atoms with Crippen molar-refractivity contribution in [1.29, 1.82) is 0 Å². The van der Waals surface area contributed by atoms with Crippen LogP contribution in [0.1, 0.15) is 30.5 Å². The first-order valence-electron chi connectivity index (χ1n) is 6.93. The van der Waals surface area contributed by atoms with Gasteiger partial charge >= 0.3 is 0 Å². The first-order valence-corrected chi connectivity index (χ1v) is 7.68. The molecule has 0 saturated heterocycles. The van der Waals surface area contributed by atoms with Crippen LogP contribution >= 0.6 is 23.2 Å². The Balaban J connectivity index is 2.22. The Morgan fingerprint density at radius 2 is 1.80 bits per heavy atom. The number of hydrogen-bond donors (Lipinski definition) is 1. The molecule has 1 atom stereocenters. The van der Waals surface area contributed by atoms with Crippen LogP contribution in [0.5, 0.6) is 0 Å². The smallest absolute Gasteiger partial charge is 0.0468 e. The molecule has 1 unspecified atom stereocenters. The topological polar surface area (TPSA) is 12.0 Å². The molecule has 0 aliphatic carbocycles. The van der Waals surface area contributed by atoms with Gasteiger partial charge in [0.1, 0.15) is 0 Å². The molecule has 3 heteroatoms. The monoisotopic (exact) mass is 307 g/mol. The highest BCUT2D eigenvalue weighted by Crippen LogP contribution is 2.28. The van der Waals surface area contributed by atoms with Gasteiger partial charge in [0, 0.05) is 16.1 Å². The van der Waals surface area contributed by atoms with Gasteiger partial charge in [-0.1, -0.05) is 66.5 Å².